The summed E-state index contributed by atoms with van der Waals surface area (Å²) >= 11 is 1.88. The molecule has 11 rings (SSSR count). The highest BCUT2D eigenvalue weighted by Crippen LogP contribution is 2.75. The summed E-state index contributed by atoms with van der Waals surface area (Å²) in [5.41, 5.74) is 6.16. The molecule has 3 nitrogen and oxygen atoms in total. The first kappa shape index (κ1) is 24.3. The van der Waals surface area contributed by atoms with Gasteiger partial charge in [0.15, 0.2) is 23.0 Å². The first-order valence-corrected chi connectivity index (χ1v) is 16.6. The van der Waals surface area contributed by atoms with Crippen LogP contribution in [-0.2, 0) is 5.41 Å². The Morgan fingerprint density at radius 2 is 1.47 bits per heavy atom. The maximum Gasteiger partial charge on any atom is 0.194 e. The molecule has 4 heteroatoms. The van der Waals surface area contributed by atoms with Crippen molar-refractivity contribution < 1.29 is 9.47 Å². The maximum absolute atomic E-state index is 6.68. The van der Waals surface area contributed by atoms with Crippen molar-refractivity contribution in [1.82, 2.24) is 0 Å². The second-order valence-electron chi connectivity index (χ2n) is 12.8. The van der Waals surface area contributed by atoms with Crippen molar-refractivity contribution in [2.24, 2.45) is 17.8 Å². The Bertz CT molecular complexity index is 2330. The summed E-state index contributed by atoms with van der Waals surface area (Å²) in [7, 11) is 0. The van der Waals surface area contributed by atoms with Gasteiger partial charge >= 0.3 is 0 Å². The van der Waals surface area contributed by atoms with Crippen molar-refractivity contribution in [3.8, 4) is 34.1 Å². The normalized spacial score (nSPS) is 25.9. The SMILES string of the molecule is C1=CC2C=CC34c5ccc6c(c5N(c5ccc(-c7cccc8c7sc7ccccc78)cc5)C3C4C2C=C1)Oc1ccccc1O6. The molecule has 6 aromatic rings. The Hall–Kier alpha value is -5.06. The van der Waals surface area contributed by atoms with Gasteiger partial charge < -0.3 is 14.4 Å². The summed E-state index contributed by atoms with van der Waals surface area (Å²) < 4.78 is 15.8. The number of benzene rings is 5. The summed E-state index contributed by atoms with van der Waals surface area (Å²) in [6, 6.07) is 37.3. The van der Waals surface area contributed by atoms with E-state index in [-0.39, 0.29) is 5.41 Å². The molecule has 3 heterocycles. The van der Waals surface area contributed by atoms with Crippen molar-refractivity contribution in [1.29, 1.82) is 0 Å². The van der Waals surface area contributed by atoms with E-state index in [1.54, 1.807) is 0 Å². The molecule has 0 N–H and O–H groups in total. The molecule has 45 heavy (non-hydrogen) atoms. The zero-order valence-corrected chi connectivity index (χ0v) is 25.1. The third kappa shape index (κ3) is 3.10. The van der Waals surface area contributed by atoms with Gasteiger partial charge in [0.25, 0.3) is 0 Å². The molecule has 214 valence electrons. The zero-order valence-electron chi connectivity index (χ0n) is 24.3. The van der Waals surface area contributed by atoms with E-state index >= 15 is 0 Å². The van der Waals surface area contributed by atoms with Crippen LogP contribution < -0.4 is 14.4 Å². The number of hydrogen-bond donors (Lipinski definition) is 0. The summed E-state index contributed by atoms with van der Waals surface area (Å²) in [6.07, 6.45) is 14.2. The molecule has 1 aromatic heterocycles. The van der Waals surface area contributed by atoms with Gasteiger partial charge in [-0.15, -0.1) is 11.3 Å². The number of allylic oxidation sites excluding steroid dienone is 5. The molecule has 2 aliphatic heterocycles. The van der Waals surface area contributed by atoms with E-state index in [1.165, 1.54) is 42.6 Å². The molecular weight excluding hydrogens is 571 g/mol. The van der Waals surface area contributed by atoms with Crippen LogP contribution in [-0.4, -0.2) is 6.04 Å². The van der Waals surface area contributed by atoms with Crippen molar-refractivity contribution in [3.05, 3.63) is 145 Å². The van der Waals surface area contributed by atoms with Crippen LogP contribution in [0.1, 0.15) is 5.56 Å². The fourth-order valence-corrected chi connectivity index (χ4v) is 10.0. The van der Waals surface area contributed by atoms with Gasteiger partial charge in [0, 0.05) is 43.1 Å². The molecule has 0 bridgehead atoms. The Labute approximate surface area is 265 Å². The predicted octanol–water partition coefficient (Wildman–Crippen LogP) is 10.9. The van der Waals surface area contributed by atoms with Gasteiger partial charge in [-0.3, -0.25) is 0 Å². The number of hydrogen-bond acceptors (Lipinski definition) is 4. The van der Waals surface area contributed by atoms with E-state index in [0.717, 1.165) is 28.7 Å². The number of fused-ring (bicyclic) bond motifs is 10. The molecule has 5 unspecified atom stereocenters. The van der Waals surface area contributed by atoms with Crippen molar-refractivity contribution in [3.63, 3.8) is 0 Å². The number of para-hydroxylation sites is 2. The summed E-state index contributed by atoms with van der Waals surface area (Å²) in [4.78, 5) is 2.57. The molecule has 1 saturated carbocycles. The number of rotatable bonds is 2. The van der Waals surface area contributed by atoms with Crippen LogP contribution in [0.5, 0.6) is 23.0 Å². The lowest BCUT2D eigenvalue weighted by molar-refractivity contribution is 0.358. The van der Waals surface area contributed by atoms with Crippen LogP contribution in [0, 0.1) is 17.8 Å². The molecule has 5 aromatic carbocycles. The van der Waals surface area contributed by atoms with E-state index in [4.69, 9.17) is 9.47 Å². The number of ether oxygens (including phenoxy) is 2. The van der Waals surface area contributed by atoms with Gasteiger partial charge in [0.1, 0.15) is 0 Å². The Morgan fingerprint density at radius 1 is 0.667 bits per heavy atom. The fraction of sp³-hybridized carbons (Fsp3) is 0.122. The van der Waals surface area contributed by atoms with Crippen molar-refractivity contribution in [2.45, 2.75) is 11.5 Å². The van der Waals surface area contributed by atoms with Crippen LogP contribution in [0.2, 0.25) is 0 Å². The van der Waals surface area contributed by atoms with Crippen LogP contribution >= 0.6 is 11.3 Å². The third-order valence-electron chi connectivity index (χ3n) is 10.7. The summed E-state index contributed by atoms with van der Waals surface area (Å²) in [5.74, 6) is 4.56. The van der Waals surface area contributed by atoms with Gasteiger partial charge in [0.05, 0.1) is 11.7 Å². The van der Waals surface area contributed by atoms with Gasteiger partial charge in [-0.05, 0) is 59.0 Å². The van der Waals surface area contributed by atoms with Gasteiger partial charge in [-0.25, -0.2) is 0 Å². The van der Waals surface area contributed by atoms with E-state index in [1.807, 2.05) is 35.6 Å². The van der Waals surface area contributed by atoms with Crippen molar-refractivity contribution >= 4 is 42.9 Å². The zero-order chi connectivity index (χ0) is 29.3. The van der Waals surface area contributed by atoms with E-state index in [2.05, 4.69) is 120 Å². The van der Waals surface area contributed by atoms with Crippen LogP contribution in [0.15, 0.2) is 140 Å². The van der Waals surface area contributed by atoms with E-state index in [9.17, 15) is 0 Å². The minimum atomic E-state index is -0.0390. The highest BCUT2D eigenvalue weighted by atomic mass is 32.1. The van der Waals surface area contributed by atoms with E-state index in [0.29, 0.717) is 23.8 Å². The first-order valence-electron chi connectivity index (χ1n) is 15.8. The maximum atomic E-state index is 6.68. The molecular formula is C41H27NO2S. The molecule has 5 atom stereocenters. The monoisotopic (exact) mass is 597 g/mol. The molecule has 1 spiro atoms. The first-order chi connectivity index (χ1) is 22.3. The molecule has 1 fully saturated rings. The van der Waals surface area contributed by atoms with Crippen molar-refractivity contribution in [2.75, 3.05) is 4.90 Å². The topological polar surface area (TPSA) is 21.7 Å². The standard InChI is InChI=1S/C41H27NO2S/c1-2-9-27-24(8-1)22-23-41-31-20-21-34-38(44-33-14-5-4-13-32(33)43-34)37(31)42(40(41)36(27)41)26-18-16-25(17-19-26)28-11-7-12-30-29-10-3-6-15-35(29)45-39(28)30/h1-24,27,36,40H. The third-order valence-corrected chi connectivity index (χ3v) is 11.9. The highest BCUT2D eigenvalue weighted by molar-refractivity contribution is 7.26. The lowest BCUT2D eigenvalue weighted by Gasteiger charge is -2.34. The molecule has 5 aliphatic rings. The predicted molar refractivity (Wildman–Crippen MR) is 183 cm³/mol. The average molecular weight is 598 g/mol. The van der Waals surface area contributed by atoms with Crippen LogP contribution in [0.4, 0.5) is 11.4 Å². The largest absolute Gasteiger partial charge is 0.449 e. The van der Waals surface area contributed by atoms with Gasteiger partial charge in [0.2, 0.25) is 0 Å². The van der Waals surface area contributed by atoms with E-state index < -0.39 is 0 Å². The molecule has 3 aliphatic carbocycles. The fourth-order valence-electron chi connectivity index (χ4n) is 8.79. The number of anilines is 2. The smallest absolute Gasteiger partial charge is 0.194 e. The highest BCUT2D eigenvalue weighted by Gasteiger charge is 2.75. The lowest BCUT2D eigenvalue weighted by Crippen LogP contribution is -2.26. The van der Waals surface area contributed by atoms with Crippen LogP contribution in [0.3, 0.4) is 0 Å². The molecule has 0 radical (unpaired) electrons. The van der Waals surface area contributed by atoms with Gasteiger partial charge in [-0.1, -0.05) is 103 Å². The molecule has 0 saturated heterocycles. The number of nitrogens with zero attached hydrogens (tertiary/aromatic N) is 1. The molecule has 0 amide bonds. The second-order valence-corrected chi connectivity index (χ2v) is 13.9. The Morgan fingerprint density at radius 3 is 2.38 bits per heavy atom. The Kier molecular flexibility index (Phi) is 4.62. The summed E-state index contributed by atoms with van der Waals surface area (Å²) in [5, 5.41) is 2.66. The Balaban J connectivity index is 1.07. The van der Waals surface area contributed by atoms with Crippen LogP contribution in [0.25, 0.3) is 31.3 Å². The average Bonchev–Trinajstić information content (AvgIpc) is 3.48. The summed E-state index contributed by atoms with van der Waals surface area (Å²) in [6.45, 7) is 0. The quantitative estimate of drug-likeness (QED) is 0.185. The second kappa shape index (κ2) is 8.56. The minimum absolute atomic E-state index is 0.0390. The minimum Gasteiger partial charge on any atom is -0.449 e. The lowest BCUT2D eigenvalue weighted by atomic mass is 9.74. The number of thiophene rings is 1. The van der Waals surface area contributed by atoms with Gasteiger partial charge in [-0.2, -0.15) is 0 Å².